The quantitative estimate of drug-likeness (QED) is 0.365. The smallest absolute Gasteiger partial charge is 0.245 e. The fourth-order valence-electron chi connectivity index (χ4n) is 4.56. The third kappa shape index (κ3) is 5.38. The van der Waals surface area contributed by atoms with E-state index in [0.29, 0.717) is 11.6 Å². The molecule has 0 radical (unpaired) electrons. The molecule has 0 atom stereocenters. The minimum Gasteiger partial charge on any atom is -0.395 e. The first-order valence-corrected chi connectivity index (χ1v) is 14.0. The van der Waals surface area contributed by atoms with Crippen molar-refractivity contribution >= 4 is 38.6 Å². The number of hydrogen-bond acceptors (Lipinski definition) is 8. The van der Waals surface area contributed by atoms with Gasteiger partial charge < -0.3 is 15.3 Å². The first kappa shape index (κ1) is 25.0. The number of aromatic nitrogens is 3. The molecule has 0 bridgehead atoms. The van der Waals surface area contributed by atoms with Crippen LogP contribution in [-0.2, 0) is 10.0 Å². The minimum atomic E-state index is -3.43. The highest BCUT2D eigenvalue weighted by Crippen LogP contribution is 2.32. The molecular formula is C26H31N7O3S. The summed E-state index contributed by atoms with van der Waals surface area (Å²) in [5.74, 6) is 0.435. The zero-order chi connectivity index (χ0) is 26.0. The summed E-state index contributed by atoms with van der Waals surface area (Å²) in [7, 11) is -1.88. The van der Waals surface area contributed by atoms with Crippen molar-refractivity contribution in [2.45, 2.75) is 0 Å². The molecule has 2 N–H and O–H groups in total. The number of rotatable bonds is 8. The van der Waals surface area contributed by atoms with E-state index >= 15 is 0 Å². The molecule has 0 aliphatic carbocycles. The Morgan fingerprint density at radius 3 is 2.43 bits per heavy atom. The van der Waals surface area contributed by atoms with E-state index in [2.05, 4.69) is 32.2 Å². The Balaban J connectivity index is 1.36. The summed E-state index contributed by atoms with van der Waals surface area (Å²) in [6, 6.07) is 19.4. The molecule has 1 aliphatic heterocycles. The maximum absolute atomic E-state index is 12.2. The molecule has 10 nitrogen and oxygen atoms in total. The Hall–Kier alpha value is -3.67. The number of aliphatic hydroxyl groups excluding tert-OH is 1. The van der Waals surface area contributed by atoms with E-state index in [-0.39, 0.29) is 6.61 Å². The lowest BCUT2D eigenvalue weighted by Crippen LogP contribution is -2.47. The third-order valence-electron chi connectivity index (χ3n) is 6.69. The van der Waals surface area contributed by atoms with Crippen LogP contribution >= 0.6 is 0 Å². The summed E-state index contributed by atoms with van der Waals surface area (Å²) in [6.45, 7) is 4.67. The van der Waals surface area contributed by atoms with Crippen LogP contribution in [0.2, 0.25) is 0 Å². The topological polar surface area (TPSA) is 106 Å². The van der Waals surface area contributed by atoms with Gasteiger partial charge in [0.25, 0.3) is 0 Å². The molecule has 3 heterocycles. The predicted molar refractivity (Wildman–Crippen MR) is 147 cm³/mol. The van der Waals surface area contributed by atoms with Gasteiger partial charge in [0, 0.05) is 56.7 Å². The number of β-amino-alcohol motifs (C(OH)–C–C–N with tert-alkyl or cyclic N) is 1. The van der Waals surface area contributed by atoms with Crippen LogP contribution in [0.3, 0.4) is 0 Å². The van der Waals surface area contributed by atoms with Gasteiger partial charge in [-0.3, -0.25) is 9.21 Å². The van der Waals surface area contributed by atoms with Crippen molar-refractivity contribution < 1.29 is 13.5 Å². The van der Waals surface area contributed by atoms with Crippen LogP contribution in [-0.4, -0.2) is 85.7 Å². The average molecular weight is 522 g/mol. The number of aliphatic hydroxyl groups is 1. The monoisotopic (exact) mass is 521 g/mol. The van der Waals surface area contributed by atoms with Crippen LogP contribution in [0.5, 0.6) is 0 Å². The van der Waals surface area contributed by atoms with E-state index in [0.717, 1.165) is 60.9 Å². The molecule has 2 aromatic carbocycles. The molecule has 1 fully saturated rings. The fourth-order valence-corrected chi connectivity index (χ4v) is 5.08. The van der Waals surface area contributed by atoms with Gasteiger partial charge >= 0.3 is 0 Å². The number of nitrogens with zero attached hydrogens (tertiary/aromatic N) is 6. The molecule has 0 unspecified atom stereocenters. The highest BCUT2D eigenvalue weighted by molar-refractivity contribution is 7.92. The number of piperazine rings is 1. The minimum absolute atomic E-state index is 0.197. The molecule has 0 spiro atoms. The third-order valence-corrected chi connectivity index (χ3v) is 7.88. The van der Waals surface area contributed by atoms with E-state index in [1.165, 1.54) is 10.6 Å². The van der Waals surface area contributed by atoms with Crippen LogP contribution in [0.25, 0.3) is 16.8 Å². The second-order valence-electron chi connectivity index (χ2n) is 9.11. The molecule has 5 rings (SSSR count). The number of para-hydroxylation sites is 1. The highest BCUT2D eigenvalue weighted by Gasteiger charge is 2.19. The standard InChI is InChI=1S/C26H31N7O3S/c1-30(37(2,35)36)24-6-4-3-5-23(24)25-12-11-22-19-27-26(29-33(22)25)28-20-7-9-21(10-8-20)32-15-13-31(14-16-32)17-18-34/h3-12,19,34H,13-18H2,1-2H3,(H,28,29). The van der Waals surface area contributed by atoms with E-state index in [9.17, 15) is 8.42 Å². The summed E-state index contributed by atoms with van der Waals surface area (Å²) in [5, 5.41) is 17.1. The van der Waals surface area contributed by atoms with Gasteiger partial charge in [-0.05, 0) is 42.5 Å². The SMILES string of the molecule is CN(c1ccccc1-c1ccc2cnc(Nc3ccc(N4CCN(CCO)CC4)cc3)nn12)S(C)(=O)=O. The Kier molecular flexibility index (Phi) is 7.00. The molecule has 0 saturated carbocycles. The molecular weight excluding hydrogens is 490 g/mol. The van der Waals surface area contributed by atoms with Gasteiger partial charge in [0.2, 0.25) is 16.0 Å². The van der Waals surface area contributed by atoms with Crippen molar-refractivity contribution in [1.29, 1.82) is 0 Å². The Bertz CT molecular complexity index is 1480. The van der Waals surface area contributed by atoms with E-state index in [4.69, 9.17) is 10.2 Å². The number of fused-ring (bicyclic) bond motifs is 1. The maximum atomic E-state index is 12.2. The van der Waals surface area contributed by atoms with Gasteiger partial charge in [0.05, 0.1) is 36.0 Å². The summed E-state index contributed by atoms with van der Waals surface area (Å²) in [5.41, 5.74) is 4.92. The normalized spacial score (nSPS) is 14.7. The Morgan fingerprint density at radius 1 is 1.00 bits per heavy atom. The van der Waals surface area contributed by atoms with Gasteiger partial charge in [-0.1, -0.05) is 18.2 Å². The second-order valence-corrected chi connectivity index (χ2v) is 11.1. The number of hydrogen-bond donors (Lipinski definition) is 2. The number of anilines is 4. The summed E-state index contributed by atoms with van der Waals surface area (Å²) in [4.78, 5) is 9.07. The van der Waals surface area contributed by atoms with Crippen LogP contribution in [0.15, 0.2) is 66.9 Å². The van der Waals surface area contributed by atoms with Gasteiger partial charge in [-0.15, -0.1) is 5.10 Å². The van der Waals surface area contributed by atoms with Crippen LogP contribution in [0, 0.1) is 0 Å². The number of nitrogens with one attached hydrogen (secondary N) is 1. The summed E-state index contributed by atoms with van der Waals surface area (Å²) >= 11 is 0. The Morgan fingerprint density at radius 2 is 1.73 bits per heavy atom. The molecule has 194 valence electrons. The largest absolute Gasteiger partial charge is 0.395 e. The first-order valence-electron chi connectivity index (χ1n) is 12.2. The lowest BCUT2D eigenvalue weighted by atomic mass is 10.1. The Labute approximate surface area is 216 Å². The van der Waals surface area contributed by atoms with E-state index in [1.807, 2.05) is 42.5 Å². The van der Waals surface area contributed by atoms with Gasteiger partial charge in [0.1, 0.15) is 0 Å². The van der Waals surface area contributed by atoms with E-state index < -0.39 is 10.0 Å². The molecule has 2 aromatic heterocycles. The van der Waals surface area contributed by atoms with Gasteiger partial charge in [-0.25, -0.2) is 17.9 Å². The fraction of sp³-hybridized carbons (Fsp3) is 0.308. The summed E-state index contributed by atoms with van der Waals surface area (Å²) in [6.07, 6.45) is 2.93. The molecule has 4 aromatic rings. The van der Waals surface area contributed by atoms with Crippen LogP contribution in [0.4, 0.5) is 23.0 Å². The molecule has 37 heavy (non-hydrogen) atoms. The lowest BCUT2D eigenvalue weighted by Gasteiger charge is -2.35. The molecule has 11 heteroatoms. The highest BCUT2D eigenvalue weighted by atomic mass is 32.2. The second kappa shape index (κ2) is 10.4. The van der Waals surface area contributed by atoms with Crippen molar-refractivity contribution in [3.63, 3.8) is 0 Å². The maximum Gasteiger partial charge on any atom is 0.245 e. The average Bonchev–Trinajstić information content (AvgIpc) is 3.32. The van der Waals surface area contributed by atoms with Crippen LogP contribution in [0.1, 0.15) is 0 Å². The first-order chi connectivity index (χ1) is 17.8. The predicted octanol–water partition coefficient (Wildman–Crippen LogP) is 2.65. The van der Waals surface area contributed by atoms with Gasteiger partial charge in [0.15, 0.2) is 0 Å². The number of sulfonamides is 1. The van der Waals surface area contributed by atoms with Crippen LogP contribution < -0.4 is 14.5 Å². The van der Waals surface area contributed by atoms with Crippen molar-refractivity contribution in [1.82, 2.24) is 19.5 Å². The number of benzene rings is 2. The zero-order valence-corrected chi connectivity index (χ0v) is 21.8. The van der Waals surface area contributed by atoms with Crippen molar-refractivity contribution in [2.24, 2.45) is 0 Å². The van der Waals surface area contributed by atoms with Crippen molar-refractivity contribution in [2.75, 3.05) is 67.2 Å². The molecule has 0 amide bonds. The van der Waals surface area contributed by atoms with Crippen molar-refractivity contribution in [3.05, 3.63) is 66.9 Å². The van der Waals surface area contributed by atoms with E-state index in [1.54, 1.807) is 23.8 Å². The van der Waals surface area contributed by atoms with Gasteiger partial charge in [-0.2, -0.15) is 0 Å². The molecule has 1 saturated heterocycles. The van der Waals surface area contributed by atoms with Crippen molar-refractivity contribution in [3.8, 4) is 11.3 Å². The molecule has 1 aliphatic rings. The zero-order valence-electron chi connectivity index (χ0n) is 20.9. The lowest BCUT2D eigenvalue weighted by molar-refractivity contribution is 0.189. The summed E-state index contributed by atoms with van der Waals surface area (Å²) < 4.78 is 27.5.